The molecule has 0 radical (unpaired) electrons. The van der Waals surface area contributed by atoms with Gasteiger partial charge in [-0.15, -0.1) is 0 Å². The zero-order chi connectivity index (χ0) is 14.3. The average Bonchev–Trinajstić information content (AvgIpc) is 2.37. The van der Waals surface area contributed by atoms with E-state index in [9.17, 15) is 4.79 Å². The number of amides is 1. The van der Waals surface area contributed by atoms with Gasteiger partial charge in [-0.3, -0.25) is 4.79 Å². The summed E-state index contributed by atoms with van der Waals surface area (Å²) in [4.78, 5) is 11.6. The highest BCUT2D eigenvalue weighted by Gasteiger charge is 2.10. The van der Waals surface area contributed by atoms with Gasteiger partial charge in [0.05, 0.1) is 0 Å². The van der Waals surface area contributed by atoms with Gasteiger partial charge in [0.25, 0.3) is 5.91 Å². The van der Waals surface area contributed by atoms with Crippen LogP contribution in [-0.2, 0) is 11.3 Å². The van der Waals surface area contributed by atoms with Crippen molar-refractivity contribution in [3.05, 3.63) is 27.7 Å². The molecular weight excluding hydrogens is 308 g/mol. The van der Waals surface area contributed by atoms with E-state index >= 15 is 0 Å². The normalized spacial score (nSPS) is 10.3. The van der Waals surface area contributed by atoms with Crippen molar-refractivity contribution in [2.45, 2.75) is 33.2 Å². The van der Waals surface area contributed by atoms with E-state index in [2.05, 4.69) is 28.2 Å². The number of hydrogen-bond acceptors (Lipinski definition) is 3. The van der Waals surface area contributed by atoms with Crippen LogP contribution >= 0.6 is 15.9 Å². The lowest BCUT2D eigenvalue weighted by molar-refractivity contribution is -0.123. The van der Waals surface area contributed by atoms with Gasteiger partial charge in [-0.2, -0.15) is 0 Å². The van der Waals surface area contributed by atoms with E-state index < -0.39 is 0 Å². The summed E-state index contributed by atoms with van der Waals surface area (Å²) in [5.74, 6) is 0.607. The molecule has 0 bridgehead atoms. The standard InChI is InChI=1S/C14H21BrN2O2/c1-3-4-5-17-13(18)9-19-14-10(2)6-12(15)7-11(14)8-16/h6-7H,3-5,8-9,16H2,1-2H3,(H,17,18). The minimum atomic E-state index is -0.0984. The molecule has 106 valence electrons. The van der Waals surface area contributed by atoms with E-state index in [0.29, 0.717) is 18.8 Å². The van der Waals surface area contributed by atoms with Crippen LogP contribution in [0.5, 0.6) is 5.75 Å². The molecule has 0 aliphatic heterocycles. The van der Waals surface area contributed by atoms with E-state index in [1.54, 1.807) is 0 Å². The van der Waals surface area contributed by atoms with Crippen molar-refractivity contribution in [2.24, 2.45) is 5.73 Å². The average molecular weight is 329 g/mol. The van der Waals surface area contributed by atoms with Crippen molar-refractivity contribution in [1.29, 1.82) is 0 Å². The van der Waals surface area contributed by atoms with Gasteiger partial charge in [-0.25, -0.2) is 0 Å². The predicted octanol–water partition coefficient (Wildman–Crippen LogP) is 2.51. The Labute approximate surface area is 122 Å². The summed E-state index contributed by atoms with van der Waals surface area (Å²) in [7, 11) is 0. The second kappa shape index (κ2) is 8.17. The zero-order valence-corrected chi connectivity index (χ0v) is 13.0. The summed E-state index contributed by atoms with van der Waals surface area (Å²) in [6, 6.07) is 3.86. The van der Waals surface area contributed by atoms with Crippen molar-refractivity contribution >= 4 is 21.8 Å². The Morgan fingerprint density at radius 2 is 2.21 bits per heavy atom. The fourth-order valence-corrected chi connectivity index (χ4v) is 2.37. The molecule has 0 spiro atoms. The highest BCUT2D eigenvalue weighted by Crippen LogP contribution is 2.27. The van der Waals surface area contributed by atoms with Gasteiger partial charge < -0.3 is 15.8 Å². The number of aryl methyl sites for hydroxylation is 1. The van der Waals surface area contributed by atoms with Crippen LogP contribution in [0.3, 0.4) is 0 Å². The summed E-state index contributed by atoms with van der Waals surface area (Å²) in [6.45, 7) is 5.13. The molecule has 0 heterocycles. The molecule has 0 aliphatic carbocycles. The van der Waals surface area contributed by atoms with Crippen LogP contribution in [0.1, 0.15) is 30.9 Å². The van der Waals surface area contributed by atoms with Gasteiger partial charge in [0.15, 0.2) is 6.61 Å². The molecule has 1 aromatic rings. The highest BCUT2D eigenvalue weighted by atomic mass is 79.9. The summed E-state index contributed by atoms with van der Waals surface area (Å²) in [5.41, 5.74) is 7.56. The first kappa shape index (κ1) is 16.0. The van der Waals surface area contributed by atoms with Crippen molar-refractivity contribution < 1.29 is 9.53 Å². The zero-order valence-electron chi connectivity index (χ0n) is 11.5. The number of benzene rings is 1. The maximum atomic E-state index is 11.6. The van der Waals surface area contributed by atoms with Crippen LogP contribution in [0, 0.1) is 6.92 Å². The number of nitrogens with one attached hydrogen (secondary N) is 1. The van der Waals surface area contributed by atoms with Crippen molar-refractivity contribution in [2.75, 3.05) is 13.2 Å². The molecule has 5 heteroatoms. The largest absolute Gasteiger partial charge is 0.483 e. The van der Waals surface area contributed by atoms with Crippen molar-refractivity contribution in [3.63, 3.8) is 0 Å². The molecule has 0 saturated carbocycles. The molecule has 0 aromatic heterocycles. The third-order valence-electron chi connectivity index (χ3n) is 2.74. The van der Waals surface area contributed by atoms with Crippen molar-refractivity contribution in [3.8, 4) is 5.75 Å². The number of ether oxygens (including phenoxy) is 1. The second-order valence-corrected chi connectivity index (χ2v) is 5.32. The van der Waals surface area contributed by atoms with E-state index in [0.717, 1.165) is 28.4 Å². The Bertz CT molecular complexity index is 436. The number of halogens is 1. The quantitative estimate of drug-likeness (QED) is 0.756. The molecule has 19 heavy (non-hydrogen) atoms. The lowest BCUT2D eigenvalue weighted by Crippen LogP contribution is -2.30. The van der Waals surface area contributed by atoms with E-state index in [1.807, 2.05) is 19.1 Å². The van der Waals surface area contributed by atoms with Crippen LogP contribution in [0.15, 0.2) is 16.6 Å². The molecule has 0 saturated heterocycles. The molecular formula is C14H21BrN2O2. The number of unbranched alkanes of at least 4 members (excludes halogenated alkanes) is 1. The lowest BCUT2D eigenvalue weighted by Gasteiger charge is -2.14. The van der Waals surface area contributed by atoms with Crippen molar-refractivity contribution in [1.82, 2.24) is 5.32 Å². The summed E-state index contributed by atoms with van der Waals surface area (Å²) in [5, 5.41) is 2.82. The topological polar surface area (TPSA) is 64.3 Å². The first-order valence-electron chi connectivity index (χ1n) is 6.47. The summed E-state index contributed by atoms with van der Waals surface area (Å²) < 4.78 is 6.56. The SMILES string of the molecule is CCCCNC(=O)COc1c(C)cc(Br)cc1CN. The molecule has 4 nitrogen and oxygen atoms in total. The molecule has 0 unspecified atom stereocenters. The molecule has 0 aliphatic rings. The second-order valence-electron chi connectivity index (χ2n) is 4.41. The van der Waals surface area contributed by atoms with Gasteiger partial charge >= 0.3 is 0 Å². The number of carbonyl (C=O) groups is 1. The Kier molecular flexibility index (Phi) is 6.87. The Morgan fingerprint density at radius 1 is 1.47 bits per heavy atom. The maximum absolute atomic E-state index is 11.6. The molecule has 3 N–H and O–H groups in total. The fraction of sp³-hybridized carbons (Fsp3) is 0.500. The Hall–Kier alpha value is -1.07. The molecule has 1 rings (SSSR count). The Morgan fingerprint density at radius 3 is 2.84 bits per heavy atom. The molecule has 0 fully saturated rings. The number of rotatable bonds is 7. The fourth-order valence-electron chi connectivity index (χ4n) is 1.75. The molecule has 1 amide bonds. The third kappa shape index (κ3) is 5.20. The van der Waals surface area contributed by atoms with Crippen LogP contribution in [0.2, 0.25) is 0 Å². The van der Waals surface area contributed by atoms with Crippen LogP contribution in [0.25, 0.3) is 0 Å². The van der Waals surface area contributed by atoms with Gasteiger partial charge in [-0.1, -0.05) is 29.3 Å². The minimum absolute atomic E-state index is 0.0270. The lowest BCUT2D eigenvalue weighted by atomic mass is 10.1. The Balaban J connectivity index is 2.60. The smallest absolute Gasteiger partial charge is 0.257 e. The van der Waals surface area contributed by atoms with E-state index in [-0.39, 0.29) is 12.5 Å². The monoisotopic (exact) mass is 328 g/mol. The maximum Gasteiger partial charge on any atom is 0.257 e. The van der Waals surface area contributed by atoms with E-state index in [1.165, 1.54) is 0 Å². The number of hydrogen-bond donors (Lipinski definition) is 2. The van der Waals surface area contributed by atoms with Crippen LogP contribution in [0.4, 0.5) is 0 Å². The number of nitrogens with two attached hydrogens (primary N) is 1. The van der Waals surface area contributed by atoms with Gasteiger partial charge in [0, 0.05) is 23.1 Å². The van der Waals surface area contributed by atoms with Gasteiger partial charge in [0.2, 0.25) is 0 Å². The minimum Gasteiger partial charge on any atom is -0.483 e. The summed E-state index contributed by atoms with van der Waals surface area (Å²) >= 11 is 3.42. The summed E-state index contributed by atoms with van der Waals surface area (Å²) in [6.07, 6.45) is 2.04. The van der Waals surface area contributed by atoms with Crippen LogP contribution < -0.4 is 15.8 Å². The van der Waals surface area contributed by atoms with Gasteiger partial charge in [-0.05, 0) is 31.0 Å². The molecule has 1 aromatic carbocycles. The highest BCUT2D eigenvalue weighted by molar-refractivity contribution is 9.10. The first-order chi connectivity index (χ1) is 9.08. The van der Waals surface area contributed by atoms with E-state index in [4.69, 9.17) is 10.5 Å². The molecule has 0 atom stereocenters. The van der Waals surface area contributed by atoms with Gasteiger partial charge in [0.1, 0.15) is 5.75 Å². The van der Waals surface area contributed by atoms with Crippen LogP contribution in [-0.4, -0.2) is 19.1 Å². The third-order valence-corrected chi connectivity index (χ3v) is 3.19. The number of carbonyl (C=O) groups excluding carboxylic acids is 1. The predicted molar refractivity (Wildman–Crippen MR) is 80.2 cm³/mol. The first-order valence-corrected chi connectivity index (χ1v) is 7.26.